The van der Waals surface area contributed by atoms with Crippen molar-refractivity contribution in [3.8, 4) is 19.5 Å². The fourth-order valence-corrected chi connectivity index (χ4v) is 26.1. The Morgan fingerprint density at radius 2 is 1.18 bits per heavy atom. The van der Waals surface area contributed by atoms with Gasteiger partial charge in [-0.1, -0.05) is 0 Å². The monoisotopic (exact) mass is 538 g/mol. The van der Waals surface area contributed by atoms with Gasteiger partial charge >= 0.3 is 189 Å². The van der Waals surface area contributed by atoms with E-state index in [2.05, 4.69) is 73.9 Å². The zero-order valence-electron chi connectivity index (χ0n) is 17.6. The summed E-state index contributed by atoms with van der Waals surface area (Å²) < 4.78 is 6.55. The zero-order valence-corrected chi connectivity index (χ0v) is 22.9. The van der Waals surface area contributed by atoms with Gasteiger partial charge in [0.15, 0.2) is 0 Å². The van der Waals surface area contributed by atoms with E-state index in [0.717, 1.165) is 0 Å². The van der Waals surface area contributed by atoms with E-state index in [-0.39, 0.29) is 0 Å². The van der Waals surface area contributed by atoms with Gasteiger partial charge in [0.2, 0.25) is 0 Å². The predicted octanol–water partition coefficient (Wildman–Crippen LogP) is 9.26. The summed E-state index contributed by atoms with van der Waals surface area (Å²) in [5.41, 5.74) is 0. The topological polar surface area (TPSA) is 0 Å². The fraction of sp³-hybridized carbons (Fsp3) is 0.500. The first kappa shape index (κ1) is 22.6. The van der Waals surface area contributed by atoms with Crippen LogP contribution in [0.3, 0.4) is 0 Å². The van der Waals surface area contributed by atoms with Crippen molar-refractivity contribution >= 4 is 55.3 Å². The summed E-state index contributed by atoms with van der Waals surface area (Å²) in [5.74, 6) is 0. The third-order valence-electron chi connectivity index (χ3n) is 5.77. The second-order valence-corrected chi connectivity index (χ2v) is 25.2. The molecule has 0 amide bonds. The van der Waals surface area contributed by atoms with Crippen molar-refractivity contribution < 1.29 is 0 Å². The van der Waals surface area contributed by atoms with Crippen molar-refractivity contribution in [2.24, 2.45) is 0 Å². The van der Waals surface area contributed by atoms with E-state index in [4.69, 9.17) is 0 Å². The van der Waals surface area contributed by atoms with Crippen molar-refractivity contribution in [1.82, 2.24) is 0 Å². The average Bonchev–Trinajstić information content (AvgIpc) is 3.48. The normalized spacial score (nSPS) is 12.0. The van der Waals surface area contributed by atoms with Crippen LogP contribution in [0.25, 0.3) is 19.5 Å². The van der Waals surface area contributed by atoms with E-state index in [1.807, 2.05) is 25.6 Å². The quantitative estimate of drug-likeness (QED) is 0.202. The summed E-state index contributed by atoms with van der Waals surface area (Å²) in [4.78, 5) is 5.78. The molecule has 0 saturated heterocycles. The number of unbranched alkanes of at least 4 members (excludes halogenated alkanes) is 3. The molecule has 0 aliphatic rings. The molecule has 3 aromatic heterocycles. The third kappa shape index (κ3) is 5.53. The second-order valence-electron chi connectivity index (χ2n) is 7.90. The van der Waals surface area contributed by atoms with Crippen LogP contribution in [0.1, 0.15) is 59.3 Å². The molecule has 0 aromatic carbocycles. The fourth-order valence-electron chi connectivity index (χ4n) is 4.07. The van der Waals surface area contributed by atoms with Crippen LogP contribution in [0.15, 0.2) is 41.8 Å². The molecule has 0 saturated carbocycles. The van der Waals surface area contributed by atoms with Crippen molar-refractivity contribution in [3.63, 3.8) is 0 Å². The van der Waals surface area contributed by atoms with Gasteiger partial charge in [-0.3, -0.25) is 0 Å². The minimum absolute atomic E-state index is 1.35. The summed E-state index contributed by atoms with van der Waals surface area (Å²) in [6.45, 7) is 7.11. The molecule has 4 heteroatoms. The molecule has 0 radical (unpaired) electrons. The van der Waals surface area contributed by atoms with Gasteiger partial charge in [-0.15, -0.1) is 0 Å². The summed E-state index contributed by atoms with van der Waals surface area (Å²) in [6.07, 6.45) is 8.38. The Bertz CT molecular complexity index is 791. The third-order valence-corrected chi connectivity index (χ3v) is 27.5. The molecule has 0 spiro atoms. The molecule has 0 aliphatic heterocycles. The molecule has 0 aliphatic carbocycles. The van der Waals surface area contributed by atoms with Gasteiger partial charge in [0, 0.05) is 0 Å². The van der Waals surface area contributed by atoms with E-state index < -0.39 is 18.4 Å². The molecule has 28 heavy (non-hydrogen) atoms. The SMILES string of the molecule is CCC[CH2][Sn]([CH2]CCC)([CH2]CCC)[c]1ccc(-c2ccc(-c3cccs3)s2)s1. The Morgan fingerprint density at radius 3 is 1.71 bits per heavy atom. The summed E-state index contributed by atoms with van der Waals surface area (Å²) in [6, 6.07) is 14.0. The van der Waals surface area contributed by atoms with E-state index in [0.29, 0.717) is 0 Å². The zero-order chi connectivity index (χ0) is 19.8. The molecule has 0 bridgehead atoms. The van der Waals surface area contributed by atoms with Gasteiger partial charge in [-0.2, -0.15) is 0 Å². The number of thiophene rings is 3. The molecule has 152 valence electrons. The van der Waals surface area contributed by atoms with E-state index in [9.17, 15) is 0 Å². The first-order valence-corrected chi connectivity index (χ1v) is 21.0. The van der Waals surface area contributed by atoms with Crippen molar-refractivity contribution in [1.29, 1.82) is 0 Å². The predicted molar refractivity (Wildman–Crippen MR) is 135 cm³/mol. The summed E-state index contributed by atoms with van der Waals surface area (Å²) in [7, 11) is 0. The molecule has 0 atom stereocenters. The first-order chi connectivity index (χ1) is 13.7. The molecular formula is C24H34S3Sn. The maximum absolute atomic E-state index is 2.56. The van der Waals surface area contributed by atoms with Gasteiger partial charge in [0.1, 0.15) is 0 Å². The van der Waals surface area contributed by atoms with E-state index >= 15 is 0 Å². The molecule has 3 heterocycles. The van der Waals surface area contributed by atoms with Gasteiger partial charge in [-0.05, 0) is 0 Å². The van der Waals surface area contributed by atoms with Crippen LogP contribution in [-0.4, -0.2) is 18.4 Å². The van der Waals surface area contributed by atoms with Crippen LogP contribution in [0.4, 0.5) is 0 Å². The van der Waals surface area contributed by atoms with Crippen molar-refractivity contribution in [2.75, 3.05) is 0 Å². The summed E-state index contributed by atoms with van der Waals surface area (Å²) >= 11 is 3.70. The Kier molecular flexibility index (Phi) is 9.14. The standard InChI is InChI=1S/C12H7S3.3C4H9.Sn/c1-3-9(13-7-1)11-5-6-12(15-11)10-4-2-8-14-10;3*1-3-4-2;/h1-7H;3*1,3-4H2,2H3;. The Balaban J connectivity index is 1.88. The molecule has 0 fully saturated rings. The van der Waals surface area contributed by atoms with Crippen LogP contribution >= 0.6 is 34.0 Å². The Labute approximate surface area is 187 Å². The first-order valence-electron chi connectivity index (χ1n) is 11.0. The molecule has 0 unspecified atom stereocenters. The number of hydrogen-bond donors (Lipinski definition) is 0. The van der Waals surface area contributed by atoms with Crippen LogP contribution < -0.4 is 2.89 Å². The summed E-state index contributed by atoms with van der Waals surface area (Å²) in [5, 5.41) is 2.18. The van der Waals surface area contributed by atoms with Gasteiger partial charge in [-0.25, -0.2) is 0 Å². The second kappa shape index (κ2) is 11.3. The number of hydrogen-bond acceptors (Lipinski definition) is 3. The van der Waals surface area contributed by atoms with Crippen LogP contribution in [-0.2, 0) is 0 Å². The van der Waals surface area contributed by atoms with Crippen LogP contribution in [0, 0.1) is 0 Å². The molecule has 3 aromatic rings. The van der Waals surface area contributed by atoms with Gasteiger partial charge in [0.05, 0.1) is 0 Å². The minimum atomic E-state index is -2.27. The van der Waals surface area contributed by atoms with E-state index in [1.54, 1.807) is 13.3 Å². The van der Waals surface area contributed by atoms with Crippen LogP contribution in [0.5, 0.6) is 0 Å². The van der Waals surface area contributed by atoms with E-state index in [1.165, 1.54) is 58.0 Å². The molecular weight excluding hydrogens is 503 g/mol. The van der Waals surface area contributed by atoms with Crippen molar-refractivity contribution in [2.45, 2.75) is 72.6 Å². The maximum atomic E-state index is 2.56. The van der Waals surface area contributed by atoms with Gasteiger partial charge in [0.25, 0.3) is 0 Å². The molecule has 0 nitrogen and oxygen atoms in total. The average molecular weight is 537 g/mol. The Hall–Kier alpha value is -0.101. The Morgan fingerprint density at radius 1 is 0.643 bits per heavy atom. The van der Waals surface area contributed by atoms with Gasteiger partial charge < -0.3 is 0 Å². The van der Waals surface area contributed by atoms with Crippen molar-refractivity contribution in [3.05, 3.63) is 41.8 Å². The van der Waals surface area contributed by atoms with Crippen LogP contribution in [0.2, 0.25) is 13.3 Å². The molecule has 0 N–H and O–H groups in total. The molecule has 3 rings (SSSR count). The number of rotatable bonds is 12.